The monoisotopic (exact) mass is 300 g/mol. The van der Waals surface area contributed by atoms with Crippen LogP contribution in [0.2, 0.25) is 5.02 Å². The predicted octanol–water partition coefficient (Wildman–Crippen LogP) is 3.34. The number of aliphatic hydroxyl groups excluding tert-OH is 1. The molecule has 0 spiro atoms. The molecule has 1 unspecified atom stereocenters. The summed E-state index contributed by atoms with van der Waals surface area (Å²) >= 11 is 9.40. The Morgan fingerprint density at radius 3 is 2.75 bits per heavy atom. The molecule has 3 nitrogen and oxygen atoms in total. The van der Waals surface area contributed by atoms with Crippen LogP contribution in [0, 0.1) is 0 Å². The fraction of sp³-hybridized carbons (Fsp3) is 0.182. The Morgan fingerprint density at radius 1 is 1.50 bits per heavy atom. The molecule has 0 amide bonds. The third-order valence-corrected chi connectivity index (χ3v) is 2.99. The fourth-order valence-electron chi connectivity index (χ4n) is 1.44. The first-order valence-corrected chi connectivity index (χ1v) is 5.93. The van der Waals surface area contributed by atoms with Gasteiger partial charge in [0.15, 0.2) is 0 Å². The zero-order valence-electron chi connectivity index (χ0n) is 8.56. The number of aliphatic hydroxyl groups is 1. The number of nitrogens with zero attached hydrogens (tertiary/aromatic N) is 2. The highest BCUT2D eigenvalue weighted by molar-refractivity contribution is 9.10. The second-order valence-electron chi connectivity index (χ2n) is 3.48. The van der Waals surface area contributed by atoms with Gasteiger partial charge in [-0.25, -0.2) is 4.68 Å². The van der Waals surface area contributed by atoms with Crippen LogP contribution in [0.15, 0.2) is 35.1 Å². The normalized spacial score (nSPS) is 12.8. The van der Waals surface area contributed by atoms with Crippen LogP contribution >= 0.6 is 27.5 Å². The maximum absolute atomic E-state index is 9.46. The molecule has 0 aliphatic carbocycles. The number of hydrogen-bond donors (Lipinski definition) is 1. The summed E-state index contributed by atoms with van der Waals surface area (Å²) in [7, 11) is 0. The summed E-state index contributed by atoms with van der Waals surface area (Å²) in [6, 6.07) is 5.45. The quantitative estimate of drug-likeness (QED) is 0.924. The smallest absolute Gasteiger partial charge is 0.0776 e. The van der Waals surface area contributed by atoms with Gasteiger partial charge in [-0.2, -0.15) is 5.10 Å². The molecular weight excluding hydrogens is 291 g/mol. The summed E-state index contributed by atoms with van der Waals surface area (Å²) in [5, 5.41) is 14.1. The lowest BCUT2D eigenvalue weighted by Crippen LogP contribution is -1.97. The van der Waals surface area contributed by atoms with E-state index in [0.29, 0.717) is 5.02 Å². The van der Waals surface area contributed by atoms with E-state index in [2.05, 4.69) is 21.0 Å². The second kappa shape index (κ2) is 4.57. The third kappa shape index (κ3) is 2.29. The van der Waals surface area contributed by atoms with Gasteiger partial charge in [-0.05, 0) is 40.5 Å². The molecule has 0 bridgehead atoms. The van der Waals surface area contributed by atoms with E-state index in [-0.39, 0.29) is 0 Å². The molecule has 1 heterocycles. The molecule has 2 rings (SSSR count). The molecule has 0 aliphatic rings. The third-order valence-electron chi connectivity index (χ3n) is 2.25. The maximum atomic E-state index is 9.46. The van der Waals surface area contributed by atoms with Crippen LogP contribution in [-0.4, -0.2) is 14.9 Å². The van der Waals surface area contributed by atoms with Gasteiger partial charge in [0.1, 0.15) is 0 Å². The van der Waals surface area contributed by atoms with Crippen LogP contribution in [-0.2, 0) is 0 Å². The molecule has 16 heavy (non-hydrogen) atoms. The van der Waals surface area contributed by atoms with Crippen molar-refractivity contribution in [3.63, 3.8) is 0 Å². The van der Waals surface area contributed by atoms with Gasteiger partial charge in [0.05, 0.1) is 22.5 Å². The molecule has 1 aromatic heterocycles. The van der Waals surface area contributed by atoms with E-state index in [1.54, 1.807) is 29.9 Å². The zero-order chi connectivity index (χ0) is 11.7. The number of rotatable bonds is 2. The van der Waals surface area contributed by atoms with Crippen LogP contribution in [0.25, 0.3) is 5.69 Å². The topological polar surface area (TPSA) is 38.0 Å². The minimum atomic E-state index is -0.564. The van der Waals surface area contributed by atoms with Crippen molar-refractivity contribution in [2.45, 2.75) is 13.0 Å². The first kappa shape index (κ1) is 11.6. The van der Waals surface area contributed by atoms with Crippen molar-refractivity contribution >= 4 is 27.5 Å². The Balaban J connectivity index is 2.42. The Morgan fingerprint density at radius 2 is 2.25 bits per heavy atom. The Kier molecular flexibility index (Phi) is 3.33. The second-order valence-corrected chi connectivity index (χ2v) is 4.81. The van der Waals surface area contributed by atoms with Crippen molar-refractivity contribution in [2.24, 2.45) is 0 Å². The minimum Gasteiger partial charge on any atom is -0.389 e. The largest absolute Gasteiger partial charge is 0.389 e. The van der Waals surface area contributed by atoms with Crippen molar-refractivity contribution < 1.29 is 5.11 Å². The van der Waals surface area contributed by atoms with Crippen molar-refractivity contribution in [1.29, 1.82) is 0 Å². The van der Waals surface area contributed by atoms with Crippen molar-refractivity contribution in [1.82, 2.24) is 9.78 Å². The number of halogens is 2. The van der Waals surface area contributed by atoms with Gasteiger partial charge in [0, 0.05) is 11.2 Å². The summed E-state index contributed by atoms with van der Waals surface area (Å²) in [5.41, 5.74) is 1.58. The van der Waals surface area contributed by atoms with E-state index in [0.717, 1.165) is 15.7 Å². The van der Waals surface area contributed by atoms with Crippen LogP contribution in [0.5, 0.6) is 0 Å². The average molecular weight is 302 g/mol. The van der Waals surface area contributed by atoms with E-state index in [4.69, 9.17) is 11.6 Å². The minimum absolute atomic E-state index is 0.541. The predicted molar refractivity (Wildman–Crippen MR) is 66.9 cm³/mol. The molecule has 84 valence electrons. The van der Waals surface area contributed by atoms with Crippen molar-refractivity contribution in [2.75, 3.05) is 0 Å². The van der Waals surface area contributed by atoms with Gasteiger partial charge in [-0.15, -0.1) is 0 Å². The molecular formula is C11H10BrClN2O. The lowest BCUT2D eigenvalue weighted by molar-refractivity contribution is 0.199. The molecule has 0 fully saturated rings. The van der Waals surface area contributed by atoms with Crippen LogP contribution < -0.4 is 0 Å². The van der Waals surface area contributed by atoms with Gasteiger partial charge in [0.2, 0.25) is 0 Å². The van der Waals surface area contributed by atoms with Crippen LogP contribution in [0.1, 0.15) is 18.6 Å². The SMILES string of the molecule is CC(O)c1ccc(-n2cc(Br)cn2)cc1Cl. The van der Waals surface area contributed by atoms with Gasteiger partial charge in [-0.3, -0.25) is 0 Å². The molecule has 1 aromatic carbocycles. The molecule has 1 N–H and O–H groups in total. The summed E-state index contributed by atoms with van der Waals surface area (Å²) in [6.07, 6.45) is 2.98. The number of hydrogen-bond acceptors (Lipinski definition) is 2. The molecule has 0 saturated heterocycles. The summed E-state index contributed by atoms with van der Waals surface area (Å²) in [6.45, 7) is 1.69. The molecule has 0 saturated carbocycles. The molecule has 1 atom stereocenters. The Hall–Kier alpha value is -0.840. The summed E-state index contributed by atoms with van der Waals surface area (Å²) in [5.74, 6) is 0. The van der Waals surface area contributed by atoms with Gasteiger partial charge < -0.3 is 5.11 Å². The van der Waals surface area contributed by atoms with Gasteiger partial charge >= 0.3 is 0 Å². The molecule has 5 heteroatoms. The highest BCUT2D eigenvalue weighted by Crippen LogP contribution is 2.25. The van der Waals surface area contributed by atoms with E-state index in [1.807, 2.05) is 12.3 Å². The lowest BCUT2D eigenvalue weighted by Gasteiger charge is -2.09. The number of benzene rings is 1. The van der Waals surface area contributed by atoms with Crippen LogP contribution in [0.3, 0.4) is 0 Å². The summed E-state index contributed by atoms with van der Waals surface area (Å²) < 4.78 is 2.62. The maximum Gasteiger partial charge on any atom is 0.0776 e. The lowest BCUT2D eigenvalue weighted by atomic mass is 10.1. The first-order valence-electron chi connectivity index (χ1n) is 4.76. The number of aromatic nitrogens is 2. The molecule has 0 aliphatic heterocycles. The molecule has 2 aromatic rings. The highest BCUT2D eigenvalue weighted by atomic mass is 79.9. The Labute approximate surface area is 107 Å². The average Bonchev–Trinajstić information content (AvgIpc) is 2.64. The fourth-order valence-corrected chi connectivity index (χ4v) is 2.06. The zero-order valence-corrected chi connectivity index (χ0v) is 10.9. The van der Waals surface area contributed by atoms with Crippen molar-refractivity contribution in [3.8, 4) is 5.69 Å². The Bertz CT molecular complexity index is 510. The highest BCUT2D eigenvalue weighted by Gasteiger charge is 2.08. The van der Waals surface area contributed by atoms with Gasteiger partial charge in [-0.1, -0.05) is 17.7 Å². The van der Waals surface area contributed by atoms with Crippen LogP contribution in [0.4, 0.5) is 0 Å². The first-order chi connectivity index (χ1) is 7.58. The molecule has 0 radical (unpaired) electrons. The van der Waals surface area contributed by atoms with E-state index < -0.39 is 6.10 Å². The summed E-state index contributed by atoms with van der Waals surface area (Å²) in [4.78, 5) is 0. The van der Waals surface area contributed by atoms with E-state index >= 15 is 0 Å². The standard InChI is InChI=1S/C11H10BrClN2O/c1-7(16)10-3-2-9(4-11(10)13)15-6-8(12)5-14-15/h2-7,16H,1H3. The van der Waals surface area contributed by atoms with Crippen molar-refractivity contribution in [3.05, 3.63) is 45.7 Å². The van der Waals surface area contributed by atoms with E-state index in [1.165, 1.54) is 0 Å². The van der Waals surface area contributed by atoms with Gasteiger partial charge in [0.25, 0.3) is 0 Å². The van der Waals surface area contributed by atoms with E-state index in [9.17, 15) is 5.11 Å².